The summed E-state index contributed by atoms with van der Waals surface area (Å²) in [5.74, 6) is 1.58. The zero-order valence-corrected chi connectivity index (χ0v) is 15.8. The average molecular weight is 371 g/mol. The van der Waals surface area contributed by atoms with Crippen molar-refractivity contribution in [3.05, 3.63) is 48.0 Å². The second-order valence-electron chi connectivity index (χ2n) is 5.70. The SMILES string of the molecule is COc1ccc(CNC(=O)CSc2nc3ccccc3n2C)cc1OC. The Morgan fingerprint density at radius 2 is 1.92 bits per heavy atom. The molecule has 0 unspecified atom stereocenters. The Kier molecular flexibility index (Phi) is 5.68. The predicted molar refractivity (Wildman–Crippen MR) is 103 cm³/mol. The van der Waals surface area contributed by atoms with Gasteiger partial charge in [0.2, 0.25) is 5.91 Å². The van der Waals surface area contributed by atoms with Crippen molar-refractivity contribution in [2.75, 3.05) is 20.0 Å². The molecule has 0 saturated carbocycles. The van der Waals surface area contributed by atoms with Crippen LogP contribution in [0.15, 0.2) is 47.6 Å². The summed E-state index contributed by atoms with van der Waals surface area (Å²) < 4.78 is 12.5. The standard InChI is InChI=1S/C19H21N3O3S/c1-22-15-7-5-4-6-14(15)21-19(22)26-12-18(23)20-11-13-8-9-16(24-2)17(10-13)25-3/h4-10H,11-12H2,1-3H3,(H,20,23). The minimum atomic E-state index is -0.0446. The Labute approximate surface area is 156 Å². The van der Waals surface area contributed by atoms with Gasteiger partial charge < -0.3 is 19.4 Å². The first kappa shape index (κ1) is 18.1. The molecule has 0 atom stereocenters. The van der Waals surface area contributed by atoms with Gasteiger partial charge in [-0.1, -0.05) is 30.0 Å². The second-order valence-corrected chi connectivity index (χ2v) is 6.64. The van der Waals surface area contributed by atoms with Crippen LogP contribution in [0, 0.1) is 0 Å². The Balaban J connectivity index is 1.56. The summed E-state index contributed by atoms with van der Waals surface area (Å²) in [4.78, 5) is 16.7. The summed E-state index contributed by atoms with van der Waals surface area (Å²) >= 11 is 1.42. The van der Waals surface area contributed by atoms with Crippen LogP contribution < -0.4 is 14.8 Å². The Morgan fingerprint density at radius 3 is 2.65 bits per heavy atom. The number of benzene rings is 2. The molecule has 0 radical (unpaired) electrons. The number of fused-ring (bicyclic) bond motifs is 1. The predicted octanol–water partition coefficient (Wildman–Crippen LogP) is 3.00. The number of aromatic nitrogens is 2. The molecule has 3 rings (SSSR count). The van der Waals surface area contributed by atoms with E-state index in [1.165, 1.54) is 11.8 Å². The Morgan fingerprint density at radius 1 is 1.15 bits per heavy atom. The van der Waals surface area contributed by atoms with E-state index in [0.717, 1.165) is 21.8 Å². The number of carbonyl (C=O) groups excluding carboxylic acids is 1. The van der Waals surface area contributed by atoms with Gasteiger partial charge in [0, 0.05) is 13.6 Å². The third-order valence-electron chi connectivity index (χ3n) is 4.02. The van der Waals surface area contributed by atoms with Crippen LogP contribution in [-0.2, 0) is 18.4 Å². The molecule has 3 aromatic rings. The van der Waals surface area contributed by atoms with E-state index < -0.39 is 0 Å². The smallest absolute Gasteiger partial charge is 0.230 e. The minimum Gasteiger partial charge on any atom is -0.493 e. The lowest BCUT2D eigenvalue weighted by atomic mass is 10.2. The number of imidazole rings is 1. The molecular formula is C19H21N3O3S. The zero-order chi connectivity index (χ0) is 18.5. The third-order valence-corrected chi connectivity index (χ3v) is 5.05. The monoisotopic (exact) mass is 371 g/mol. The zero-order valence-electron chi connectivity index (χ0n) is 15.0. The van der Waals surface area contributed by atoms with E-state index in [1.54, 1.807) is 14.2 Å². The molecule has 0 aliphatic heterocycles. The maximum absolute atomic E-state index is 12.2. The van der Waals surface area contributed by atoms with E-state index >= 15 is 0 Å². The Bertz CT molecular complexity index is 924. The lowest BCUT2D eigenvalue weighted by Crippen LogP contribution is -2.24. The first-order valence-electron chi connectivity index (χ1n) is 8.14. The number of nitrogens with one attached hydrogen (secondary N) is 1. The van der Waals surface area contributed by atoms with Crippen molar-refractivity contribution in [3.63, 3.8) is 0 Å². The molecule has 1 aromatic heterocycles. The van der Waals surface area contributed by atoms with Crippen molar-refractivity contribution in [2.24, 2.45) is 7.05 Å². The maximum atomic E-state index is 12.2. The van der Waals surface area contributed by atoms with E-state index in [2.05, 4.69) is 10.3 Å². The summed E-state index contributed by atoms with van der Waals surface area (Å²) in [6.45, 7) is 0.433. The fourth-order valence-corrected chi connectivity index (χ4v) is 3.44. The lowest BCUT2D eigenvalue weighted by Gasteiger charge is -2.10. The highest BCUT2D eigenvalue weighted by Gasteiger charge is 2.11. The van der Waals surface area contributed by atoms with Crippen LogP contribution in [0.25, 0.3) is 11.0 Å². The highest BCUT2D eigenvalue weighted by Crippen LogP contribution is 2.27. The molecule has 26 heavy (non-hydrogen) atoms. The number of carbonyl (C=O) groups is 1. The second kappa shape index (κ2) is 8.14. The molecule has 0 spiro atoms. The molecule has 0 bridgehead atoms. The Hall–Kier alpha value is -2.67. The number of rotatable bonds is 7. The van der Waals surface area contributed by atoms with Crippen molar-refractivity contribution in [2.45, 2.75) is 11.7 Å². The topological polar surface area (TPSA) is 65.4 Å². The number of nitrogens with zero attached hydrogens (tertiary/aromatic N) is 2. The van der Waals surface area contributed by atoms with Gasteiger partial charge in [0.1, 0.15) is 0 Å². The van der Waals surface area contributed by atoms with E-state index in [-0.39, 0.29) is 5.91 Å². The van der Waals surface area contributed by atoms with Gasteiger partial charge in [-0.25, -0.2) is 4.98 Å². The highest BCUT2D eigenvalue weighted by molar-refractivity contribution is 7.99. The first-order valence-corrected chi connectivity index (χ1v) is 9.12. The number of aryl methyl sites for hydroxylation is 1. The summed E-state index contributed by atoms with van der Waals surface area (Å²) in [6.07, 6.45) is 0. The minimum absolute atomic E-state index is 0.0446. The first-order chi connectivity index (χ1) is 12.6. The van der Waals surface area contributed by atoms with Gasteiger partial charge in [-0.2, -0.15) is 0 Å². The van der Waals surface area contributed by atoms with Crippen molar-refractivity contribution in [1.29, 1.82) is 0 Å². The van der Waals surface area contributed by atoms with Crippen LogP contribution in [0.3, 0.4) is 0 Å². The molecule has 0 fully saturated rings. The molecule has 0 saturated heterocycles. The fourth-order valence-electron chi connectivity index (χ4n) is 2.62. The molecule has 1 heterocycles. The largest absolute Gasteiger partial charge is 0.493 e. The van der Waals surface area contributed by atoms with Gasteiger partial charge in [0.15, 0.2) is 16.7 Å². The summed E-state index contributed by atoms with van der Waals surface area (Å²) in [5, 5.41) is 3.74. The number of ether oxygens (including phenoxy) is 2. The molecule has 0 aliphatic carbocycles. The molecule has 0 aliphatic rings. The van der Waals surface area contributed by atoms with E-state index in [0.29, 0.717) is 23.8 Å². The van der Waals surface area contributed by atoms with Crippen molar-refractivity contribution in [1.82, 2.24) is 14.9 Å². The number of hydrogen-bond donors (Lipinski definition) is 1. The van der Waals surface area contributed by atoms with Gasteiger partial charge in [-0.15, -0.1) is 0 Å². The summed E-state index contributed by atoms with van der Waals surface area (Å²) in [7, 11) is 5.14. The number of methoxy groups -OCH3 is 2. The number of hydrogen-bond acceptors (Lipinski definition) is 5. The van der Waals surface area contributed by atoms with Gasteiger partial charge in [0.25, 0.3) is 0 Å². The highest BCUT2D eigenvalue weighted by atomic mass is 32.2. The van der Waals surface area contributed by atoms with Gasteiger partial charge in [-0.3, -0.25) is 4.79 Å². The molecule has 6 nitrogen and oxygen atoms in total. The number of amides is 1. The average Bonchev–Trinajstić information content (AvgIpc) is 3.00. The molecule has 1 N–H and O–H groups in total. The third kappa shape index (κ3) is 3.94. The summed E-state index contributed by atoms with van der Waals surface area (Å²) in [5.41, 5.74) is 2.94. The van der Waals surface area contributed by atoms with E-state index in [1.807, 2.05) is 54.1 Å². The van der Waals surface area contributed by atoms with Crippen molar-refractivity contribution < 1.29 is 14.3 Å². The van der Waals surface area contributed by atoms with E-state index in [9.17, 15) is 4.79 Å². The molecule has 2 aromatic carbocycles. The van der Waals surface area contributed by atoms with Crippen LogP contribution in [-0.4, -0.2) is 35.4 Å². The quantitative estimate of drug-likeness (QED) is 0.647. The molecular weight excluding hydrogens is 350 g/mol. The van der Waals surface area contributed by atoms with Crippen LogP contribution >= 0.6 is 11.8 Å². The molecule has 7 heteroatoms. The van der Waals surface area contributed by atoms with Gasteiger partial charge >= 0.3 is 0 Å². The van der Waals surface area contributed by atoms with Gasteiger partial charge in [0.05, 0.1) is 31.0 Å². The summed E-state index contributed by atoms with van der Waals surface area (Å²) in [6, 6.07) is 13.5. The number of thioether (sulfide) groups is 1. The maximum Gasteiger partial charge on any atom is 0.230 e. The fraction of sp³-hybridized carbons (Fsp3) is 0.263. The molecule has 1 amide bonds. The van der Waals surface area contributed by atoms with Crippen LogP contribution in [0.1, 0.15) is 5.56 Å². The van der Waals surface area contributed by atoms with Crippen LogP contribution in [0.4, 0.5) is 0 Å². The number of para-hydroxylation sites is 2. The van der Waals surface area contributed by atoms with Crippen LogP contribution in [0.5, 0.6) is 11.5 Å². The van der Waals surface area contributed by atoms with Crippen molar-refractivity contribution >= 4 is 28.7 Å². The van der Waals surface area contributed by atoms with Crippen LogP contribution in [0.2, 0.25) is 0 Å². The van der Waals surface area contributed by atoms with Crippen molar-refractivity contribution in [3.8, 4) is 11.5 Å². The normalized spacial score (nSPS) is 10.7. The molecule has 136 valence electrons. The van der Waals surface area contributed by atoms with E-state index in [4.69, 9.17) is 9.47 Å². The lowest BCUT2D eigenvalue weighted by molar-refractivity contribution is -0.118. The van der Waals surface area contributed by atoms with Gasteiger partial charge in [-0.05, 0) is 29.8 Å².